The molecule has 7 nitrogen and oxygen atoms in total. The largest absolute Gasteiger partial charge is 0.496 e. The number of benzene rings is 1. The van der Waals surface area contributed by atoms with E-state index in [2.05, 4.69) is 10.6 Å². The summed E-state index contributed by atoms with van der Waals surface area (Å²) >= 11 is 5.24. The minimum absolute atomic E-state index is 0.345. The Labute approximate surface area is 147 Å². The van der Waals surface area contributed by atoms with Gasteiger partial charge in [-0.25, -0.2) is 4.79 Å². The number of rotatable bonds is 9. The minimum Gasteiger partial charge on any atom is -0.496 e. The fourth-order valence-electron chi connectivity index (χ4n) is 1.94. The Morgan fingerprint density at radius 1 is 1.21 bits per heavy atom. The molecule has 2 N–H and O–H groups in total. The summed E-state index contributed by atoms with van der Waals surface area (Å²) in [5.41, 5.74) is 1.03. The van der Waals surface area contributed by atoms with Crippen LogP contribution in [0.4, 0.5) is 5.69 Å². The summed E-state index contributed by atoms with van der Waals surface area (Å²) in [6.07, 6.45) is -0.365. The second-order valence-electron chi connectivity index (χ2n) is 4.58. The Bertz CT molecular complexity index is 547. The van der Waals surface area contributed by atoms with Crippen molar-refractivity contribution in [1.82, 2.24) is 5.32 Å². The van der Waals surface area contributed by atoms with Crippen molar-refractivity contribution in [2.45, 2.75) is 20.1 Å². The predicted octanol–water partition coefficient (Wildman–Crippen LogP) is 2.17. The number of carbonyl (C=O) groups excluding carboxylic acids is 1. The van der Waals surface area contributed by atoms with Gasteiger partial charge in [0.05, 0.1) is 20.8 Å². The van der Waals surface area contributed by atoms with Gasteiger partial charge >= 0.3 is 5.97 Å². The zero-order chi connectivity index (χ0) is 17.9. The third-order valence-corrected chi connectivity index (χ3v) is 3.25. The van der Waals surface area contributed by atoms with E-state index in [0.29, 0.717) is 41.9 Å². The standard InChI is InChI=1S/C16H24N2O5S/c1-5-22-14(23-6-2)10-17-16(24)18-11-7-8-12(15(19)21-4)13(9-11)20-3/h7-9,14H,5-6,10H2,1-4H3,(H2,17,18,24). The lowest BCUT2D eigenvalue weighted by molar-refractivity contribution is -0.130. The molecule has 0 aliphatic carbocycles. The Morgan fingerprint density at radius 3 is 2.42 bits per heavy atom. The number of esters is 1. The van der Waals surface area contributed by atoms with Crippen molar-refractivity contribution in [3.63, 3.8) is 0 Å². The number of anilines is 1. The summed E-state index contributed by atoms with van der Waals surface area (Å²) in [4.78, 5) is 11.6. The van der Waals surface area contributed by atoms with Crippen molar-refractivity contribution >= 4 is 29.0 Å². The van der Waals surface area contributed by atoms with E-state index in [0.717, 1.165) is 0 Å². The van der Waals surface area contributed by atoms with Gasteiger partial charge in [-0.3, -0.25) is 0 Å². The van der Waals surface area contributed by atoms with Gasteiger partial charge in [-0.1, -0.05) is 0 Å². The third kappa shape index (κ3) is 6.31. The summed E-state index contributed by atoms with van der Waals surface area (Å²) in [7, 11) is 2.80. The van der Waals surface area contributed by atoms with E-state index >= 15 is 0 Å². The smallest absolute Gasteiger partial charge is 0.341 e. The Kier molecular flexibility index (Phi) is 9.06. The minimum atomic E-state index is -0.463. The molecule has 24 heavy (non-hydrogen) atoms. The maximum Gasteiger partial charge on any atom is 0.341 e. The van der Waals surface area contributed by atoms with Gasteiger partial charge in [0.2, 0.25) is 0 Å². The topological polar surface area (TPSA) is 78.1 Å². The highest BCUT2D eigenvalue weighted by Crippen LogP contribution is 2.23. The van der Waals surface area contributed by atoms with E-state index in [1.165, 1.54) is 14.2 Å². The molecule has 1 rings (SSSR count). The molecule has 0 saturated heterocycles. The van der Waals surface area contributed by atoms with E-state index in [1.54, 1.807) is 18.2 Å². The van der Waals surface area contributed by atoms with Crippen molar-refractivity contribution in [3.8, 4) is 5.75 Å². The highest BCUT2D eigenvalue weighted by Gasteiger charge is 2.14. The summed E-state index contributed by atoms with van der Waals surface area (Å²) in [6.45, 7) is 5.33. The lowest BCUT2D eigenvalue weighted by atomic mass is 10.2. The molecule has 0 heterocycles. The van der Waals surface area contributed by atoms with Crippen molar-refractivity contribution in [3.05, 3.63) is 23.8 Å². The van der Waals surface area contributed by atoms with E-state index in [-0.39, 0.29) is 6.29 Å². The Hall–Kier alpha value is -1.90. The molecule has 0 radical (unpaired) electrons. The van der Waals surface area contributed by atoms with Crippen LogP contribution in [-0.2, 0) is 14.2 Å². The number of carbonyl (C=O) groups is 1. The average Bonchev–Trinajstić information content (AvgIpc) is 2.59. The number of methoxy groups -OCH3 is 2. The van der Waals surface area contributed by atoms with Gasteiger partial charge in [0.25, 0.3) is 0 Å². The van der Waals surface area contributed by atoms with E-state index < -0.39 is 5.97 Å². The molecule has 8 heteroatoms. The molecule has 0 unspecified atom stereocenters. The highest BCUT2D eigenvalue weighted by atomic mass is 32.1. The number of nitrogens with one attached hydrogen (secondary N) is 2. The van der Waals surface area contributed by atoms with Gasteiger partial charge in [-0.15, -0.1) is 0 Å². The molecular formula is C16H24N2O5S. The average molecular weight is 356 g/mol. The monoisotopic (exact) mass is 356 g/mol. The second-order valence-corrected chi connectivity index (χ2v) is 4.99. The van der Waals surface area contributed by atoms with Crippen LogP contribution in [-0.4, -0.2) is 51.3 Å². The summed E-state index contributed by atoms with van der Waals surface area (Å²) in [5.74, 6) is -0.0634. The summed E-state index contributed by atoms with van der Waals surface area (Å²) < 4.78 is 20.8. The maximum atomic E-state index is 11.6. The first kappa shape index (κ1) is 20.1. The van der Waals surface area contributed by atoms with Gasteiger partial charge in [-0.05, 0) is 38.2 Å². The lowest BCUT2D eigenvalue weighted by Gasteiger charge is -2.19. The van der Waals surface area contributed by atoms with Crippen LogP contribution in [0.25, 0.3) is 0 Å². The molecule has 0 amide bonds. The first-order chi connectivity index (χ1) is 11.5. The molecule has 0 fully saturated rings. The molecular weight excluding hydrogens is 332 g/mol. The van der Waals surface area contributed by atoms with Crippen LogP contribution in [0, 0.1) is 0 Å². The fraction of sp³-hybridized carbons (Fsp3) is 0.500. The van der Waals surface area contributed by atoms with Gasteiger partial charge < -0.3 is 29.6 Å². The van der Waals surface area contributed by atoms with Crippen LogP contribution in [0.3, 0.4) is 0 Å². The molecule has 0 atom stereocenters. The molecule has 0 saturated carbocycles. The third-order valence-electron chi connectivity index (χ3n) is 3.00. The SMILES string of the molecule is CCOC(CNC(=S)Nc1ccc(C(=O)OC)c(OC)c1)OCC. The molecule has 0 spiro atoms. The van der Waals surface area contributed by atoms with Crippen molar-refractivity contribution in [1.29, 1.82) is 0 Å². The zero-order valence-corrected chi connectivity index (χ0v) is 15.2. The van der Waals surface area contributed by atoms with Gasteiger partial charge in [0.1, 0.15) is 11.3 Å². The van der Waals surface area contributed by atoms with Crippen molar-refractivity contribution < 1.29 is 23.7 Å². The fourth-order valence-corrected chi connectivity index (χ4v) is 2.14. The summed E-state index contributed by atoms with van der Waals surface area (Å²) in [5, 5.41) is 6.45. The molecule has 0 aromatic heterocycles. The molecule has 134 valence electrons. The molecule has 0 aliphatic heterocycles. The van der Waals surface area contributed by atoms with E-state index in [9.17, 15) is 4.79 Å². The molecule has 0 aliphatic rings. The second kappa shape index (κ2) is 10.8. The highest BCUT2D eigenvalue weighted by molar-refractivity contribution is 7.80. The Morgan fingerprint density at radius 2 is 1.88 bits per heavy atom. The van der Waals surface area contributed by atoms with Crippen molar-refractivity contribution in [2.75, 3.05) is 39.3 Å². The van der Waals surface area contributed by atoms with E-state index in [1.807, 2.05) is 13.8 Å². The van der Waals surface area contributed by atoms with Crippen LogP contribution in [0.15, 0.2) is 18.2 Å². The number of hydrogen-bond donors (Lipinski definition) is 2. The van der Waals surface area contributed by atoms with Crippen molar-refractivity contribution in [2.24, 2.45) is 0 Å². The zero-order valence-electron chi connectivity index (χ0n) is 14.4. The van der Waals surface area contributed by atoms with Crippen LogP contribution in [0.2, 0.25) is 0 Å². The van der Waals surface area contributed by atoms with Crippen LogP contribution < -0.4 is 15.4 Å². The maximum absolute atomic E-state index is 11.6. The Balaban J connectivity index is 2.65. The molecule has 1 aromatic rings. The molecule has 0 bridgehead atoms. The summed E-state index contributed by atoms with van der Waals surface area (Å²) in [6, 6.07) is 4.99. The lowest BCUT2D eigenvalue weighted by Crippen LogP contribution is -2.37. The van der Waals surface area contributed by atoms with Crippen LogP contribution in [0.1, 0.15) is 24.2 Å². The van der Waals surface area contributed by atoms with Crippen LogP contribution in [0.5, 0.6) is 5.75 Å². The predicted molar refractivity (Wildman–Crippen MR) is 95.6 cm³/mol. The van der Waals surface area contributed by atoms with Gasteiger partial charge in [-0.2, -0.15) is 0 Å². The number of ether oxygens (including phenoxy) is 4. The van der Waals surface area contributed by atoms with E-state index in [4.69, 9.17) is 31.2 Å². The first-order valence-corrected chi connectivity index (χ1v) is 8.00. The quantitative estimate of drug-likeness (QED) is 0.396. The van der Waals surface area contributed by atoms with Gasteiger partial charge in [0, 0.05) is 25.0 Å². The first-order valence-electron chi connectivity index (χ1n) is 7.60. The van der Waals surface area contributed by atoms with Gasteiger partial charge in [0.15, 0.2) is 11.4 Å². The number of thiocarbonyl (C=S) groups is 1. The normalized spacial score (nSPS) is 10.4. The molecule has 1 aromatic carbocycles. The number of hydrogen-bond acceptors (Lipinski definition) is 6. The van der Waals surface area contributed by atoms with Crippen LogP contribution >= 0.6 is 12.2 Å².